The number of alkyl halides is 3. The Morgan fingerprint density at radius 2 is 1.56 bits per heavy atom. The molecule has 2 N–H and O–H groups in total. The van der Waals surface area contributed by atoms with Crippen molar-refractivity contribution in [1.29, 1.82) is 0 Å². The Hall–Kier alpha value is -3.92. The van der Waals surface area contributed by atoms with Gasteiger partial charge in [-0.25, -0.2) is 5.48 Å². The second-order valence-electron chi connectivity index (χ2n) is 20.0. The summed E-state index contributed by atoms with van der Waals surface area (Å²) in [5.41, 5.74) is 4.08. The van der Waals surface area contributed by atoms with Crippen LogP contribution in [0.3, 0.4) is 0 Å². The summed E-state index contributed by atoms with van der Waals surface area (Å²) in [6.45, 7) is 18.3. The lowest BCUT2D eigenvalue weighted by Crippen LogP contribution is -2.47. The Bertz CT molecular complexity index is 2530. The fourth-order valence-corrected chi connectivity index (χ4v) is 12.7. The Kier molecular flexibility index (Phi) is 25.9. The van der Waals surface area contributed by atoms with Gasteiger partial charge in [-0.1, -0.05) is 61.4 Å². The summed E-state index contributed by atoms with van der Waals surface area (Å²) in [5, 5.41) is 5.18. The highest BCUT2D eigenvalue weighted by atomic mass is 35.5. The lowest BCUT2D eigenvalue weighted by atomic mass is 9.73. The summed E-state index contributed by atoms with van der Waals surface area (Å²) in [6.07, 6.45) is 9.43. The van der Waals surface area contributed by atoms with E-state index in [1.54, 1.807) is 49.9 Å². The smallest absolute Gasteiger partial charge is 0.438 e. The van der Waals surface area contributed by atoms with Crippen LogP contribution in [0.1, 0.15) is 82.6 Å². The molecule has 2 saturated heterocycles. The zero-order chi connectivity index (χ0) is 56.0. The van der Waals surface area contributed by atoms with E-state index in [9.17, 15) is 27.3 Å². The third-order valence-electron chi connectivity index (χ3n) is 13.5. The molecule has 2 unspecified atom stereocenters. The lowest BCUT2D eigenvalue weighted by molar-refractivity contribution is -0.147. The van der Waals surface area contributed by atoms with E-state index in [-0.39, 0.29) is 47.4 Å². The molecule has 3 aliphatic rings. The predicted molar refractivity (Wildman–Crippen MR) is 311 cm³/mol. The van der Waals surface area contributed by atoms with Crippen molar-refractivity contribution in [1.82, 2.24) is 25.5 Å². The highest BCUT2D eigenvalue weighted by Gasteiger charge is 2.31. The monoisotopic (exact) mass is 1180 g/mol. The SMILES string of the molecule is C\C=C(/C=C\C(=C\SC(F)(F)F)NC(CCN1CCN(CCCP(=O)(OCC)OCOC(C)=O)CC1)CSc1ccccc1)OSONC(=O)c1ccc(N2CCN(CC3=C(c4ccc(Cl)cc4)CCC(C)(C)C3)CC2)cc1. The molecule has 1 amide bonds. The van der Waals surface area contributed by atoms with Crippen LogP contribution in [0.4, 0.5) is 18.9 Å². The van der Waals surface area contributed by atoms with Crippen LogP contribution in [0.15, 0.2) is 124 Å². The fourth-order valence-electron chi connectivity index (χ4n) is 9.35. The number of hydrogen-bond donors (Lipinski definition) is 2. The number of ether oxygens (including phenoxy) is 1. The third kappa shape index (κ3) is 22.6. The second-order valence-corrected chi connectivity index (χ2v) is 25.1. The normalized spacial score (nSPS) is 18.4. The van der Waals surface area contributed by atoms with Gasteiger partial charge in [-0.15, -0.1) is 11.8 Å². The molecule has 6 rings (SSSR count). The van der Waals surface area contributed by atoms with Crippen LogP contribution in [-0.2, 0) is 31.6 Å². The van der Waals surface area contributed by atoms with Crippen molar-refractivity contribution in [2.75, 3.05) is 102 Å². The van der Waals surface area contributed by atoms with E-state index in [0.29, 0.717) is 49.6 Å². The molecule has 0 saturated carbocycles. The maximum atomic E-state index is 13.6. The molecule has 2 aliphatic heterocycles. The lowest BCUT2D eigenvalue weighted by Gasteiger charge is -2.39. The van der Waals surface area contributed by atoms with Crippen molar-refractivity contribution in [2.45, 2.75) is 83.2 Å². The van der Waals surface area contributed by atoms with Crippen molar-refractivity contribution in [3.8, 4) is 0 Å². The first-order valence-corrected chi connectivity index (χ1v) is 31.1. The number of allylic oxidation sites excluding steroid dienone is 4. The number of thioether (sulfide) groups is 2. The zero-order valence-electron chi connectivity index (χ0n) is 45.3. The van der Waals surface area contributed by atoms with E-state index in [1.807, 2.05) is 54.6 Å². The first-order chi connectivity index (χ1) is 37.4. The highest BCUT2D eigenvalue weighted by Crippen LogP contribution is 2.48. The number of halogens is 4. The molecule has 14 nitrogen and oxygen atoms in total. The maximum Gasteiger partial charge on any atom is 0.445 e. The maximum absolute atomic E-state index is 13.6. The minimum absolute atomic E-state index is 0.195. The van der Waals surface area contributed by atoms with E-state index >= 15 is 0 Å². The number of anilines is 1. The van der Waals surface area contributed by atoms with Gasteiger partial charge in [0.05, 0.1) is 12.8 Å². The zero-order valence-corrected chi connectivity index (χ0v) is 49.4. The summed E-state index contributed by atoms with van der Waals surface area (Å²) in [4.78, 5) is 34.8. The predicted octanol–water partition coefficient (Wildman–Crippen LogP) is 12.8. The van der Waals surface area contributed by atoms with E-state index in [1.165, 1.54) is 29.7 Å². The number of amides is 1. The van der Waals surface area contributed by atoms with E-state index in [0.717, 1.165) is 99.2 Å². The minimum Gasteiger partial charge on any atom is -0.438 e. The number of piperazine rings is 2. The quantitative estimate of drug-likeness (QED) is 0.00785. The van der Waals surface area contributed by atoms with Crippen LogP contribution in [0.25, 0.3) is 5.57 Å². The van der Waals surface area contributed by atoms with Crippen LogP contribution in [0, 0.1) is 5.41 Å². The fraction of sp³-hybridized carbons (Fsp3) is 0.500. The average molecular weight is 1180 g/mol. The molecule has 0 spiro atoms. The molecule has 22 heteroatoms. The highest BCUT2D eigenvalue weighted by molar-refractivity contribution is 8.03. The van der Waals surface area contributed by atoms with Gasteiger partial charge < -0.3 is 33.5 Å². The van der Waals surface area contributed by atoms with Gasteiger partial charge in [-0.3, -0.25) is 23.6 Å². The standard InChI is InChI=1S/C56H75ClF3N6O8PS3/c1-6-51(73-78-74-62-54(68)45-16-21-50(22-17-45)66-35-33-65(34-36-66)39-46-38-55(4,5)26-24-53(46)44-14-18-47(57)19-15-44)23-20-48(41-77-56(58,59)60)61-49(40-76-52-12-9-8-10-13-52)25-28-64-31-29-63(30-32-64)27-11-37-75(69,71-7-2)72-42-70-43(3)67/h6,8-10,12-23,41,49,61H,7,11,24-40,42H2,1-5H3,(H,62,68)/b23-20-,48-41-,51-6+. The van der Waals surface area contributed by atoms with Gasteiger partial charge in [-0.2, -0.15) is 17.5 Å². The van der Waals surface area contributed by atoms with Crippen LogP contribution in [-0.4, -0.2) is 135 Å². The van der Waals surface area contributed by atoms with E-state index < -0.39 is 31.8 Å². The third-order valence-corrected chi connectivity index (χ3v) is 18.0. The molecule has 2 heterocycles. The number of nitrogens with zero attached hydrogens (tertiary/aromatic N) is 4. The number of esters is 1. The molecule has 3 aromatic rings. The van der Waals surface area contributed by atoms with Crippen molar-refractivity contribution in [3.05, 3.63) is 136 Å². The molecule has 0 radical (unpaired) electrons. The van der Waals surface area contributed by atoms with Gasteiger partial charge in [0.25, 0.3) is 5.91 Å². The molecule has 2 atom stereocenters. The van der Waals surface area contributed by atoms with E-state index in [2.05, 4.69) is 56.4 Å². The molecule has 78 heavy (non-hydrogen) atoms. The average Bonchev–Trinajstić information content (AvgIpc) is 3.43. The summed E-state index contributed by atoms with van der Waals surface area (Å²) >= 11 is 8.12. The van der Waals surface area contributed by atoms with E-state index in [4.69, 9.17) is 33.9 Å². The van der Waals surface area contributed by atoms with Crippen LogP contribution in [0.5, 0.6) is 0 Å². The summed E-state index contributed by atoms with van der Waals surface area (Å²) in [6, 6.07) is 25.3. The topological polar surface area (TPSA) is 134 Å². The number of hydrogen-bond acceptors (Lipinski definition) is 16. The van der Waals surface area contributed by atoms with Crippen molar-refractivity contribution in [2.24, 2.45) is 5.41 Å². The first-order valence-electron chi connectivity index (χ1n) is 26.4. The molecule has 0 aromatic heterocycles. The number of carbonyl (C=O) groups excluding carboxylic acids is 2. The summed E-state index contributed by atoms with van der Waals surface area (Å²) < 4.78 is 80.5. The van der Waals surface area contributed by atoms with Crippen molar-refractivity contribution in [3.63, 3.8) is 0 Å². The van der Waals surface area contributed by atoms with Crippen LogP contribution in [0.2, 0.25) is 5.02 Å². The molecule has 3 aromatic carbocycles. The van der Waals surface area contributed by atoms with Gasteiger partial charge in [0, 0.05) is 116 Å². The molecule has 0 bridgehead atoms. The molecule has 1 aliphatic carbocycles. The summed E-state index contributed by atoms with van der Waals surface area (Å²) in [7, 11) is -3.41. The van der Waals surface area contributed by atoms with Crippen LogP contribution >= 0.6 is 55.0 Å². The number of rotatable bonds is 29. The Morgan fingerprint density at radius 3 is 2.22 bits per heavy atom. The molecular weight excluding hydrogens is 1100 g/mol. The number of hydroxylamine groups is 1. The summed E-state index contributed by atoms with van der Waals surface area (Å²) in [5.74, 6) is -0.123. The van der Waals surface area contributed by atoms with Gasteiger partial charge in [0.1, 0.15) is 5.76 Å². The van der Waals surface area contributed by atoms with Gasteiger partial charge >= 0.3 is 19.1 Å². The molecule has 2 fully saturated rings. The van der Waals surface area contributed by atoms with Crippen molar-refractivity contribution < 1.29 is 49.6 Å². The number of benzene rings is 3. The Morgan fingerprint density at radius 1 is 0.885 bits per heavy atom. The van der Waals surface area contributed by atoms with Gasteiger partial charge in [0.2, 0.25) is 19.1 Å². The second kappa shape index (κ2) is 31.9. The number of nitrogens with one attached hydrogen (secondary N) is 2. The minimum atomic E-state index is -4.50. The largest absolute Gasteiger partial charge is 0.445 e. The molecule has 428 valence electrons. The van der Waals surface area contributed by atoms with Gasteiger partial charge in [0.15, 0.2) is 0 Å². The van der Waals surface area contributed by atoms with Gasteiger partial charge in [-0.05, 0) is 148 Å². The van der Waals surface area contributed by atoms with Crippen molar-refractivity contribution >= 4 is 78.2 Å². The Labute approximate surface area is 477 Å². The number of carbonyl (C=O) groups is 2. The Balaban J connectivity index is 0.959. The van der Waals surface area contributed by atoms with Crippen LogP contribution < -0.4 is 15.7 Å². The molecular formula is C56H75ClF3N6O8PS3. The first kappa shape index (κ1) is 63.3.